The number of allylic oxidation sites excluding steroid dienone is 22. The molecule has 0 fully saturated rings. The Labute approximate surface area is 475 Å². The van der Waals surface area contributed by atoms with Crippen molar-refractivity contribution >= 4 is 17.9 Å². The zero-order chi connectivity index (χ0) is 55.7. The highest BCUT2D eigenvalue weighted by Gasteiger charge is 2.19. The van der Waals surface area contributed by atoms with Crippen molar-refractivity contribution in [2.45, 2.75) is 284 Å². The van der Waals surface area contributed by atoms with Crippen molar-refractivity contribution in [2.75, 3.05) is 13.2 Å². The smallest absolute Gasteiger partial charge is 0.306 e. The zero-order valence-corrected chi connectivity index (χ0v) is 49.9. The van der Waals surface area contributed by atoms with E-state index < -0.39 is 6.10 Å². The van der Waals surface area contributed by atoms with Gasteiger partial charge >= 0.3 is 17.9 Å². The second kappa shape index (κ2) is 64.1. The topological polar surface area (TPSA) is 78.9 Å². The van der Waals surface area contributed by atoms with Crippen LogP contribution in [-0.4, -0.2) is 37.2 Å². The molecule has 0 heterocycles. The molecule has 77 heavy (non-hydrogen) atoms. The van der Waals surface area contributed by atoms with Gasteiger partial charge in [0.05, 0.1) is 0 Å². The Morgan fingerprint density at radius 1 is 0.273 bits per heavy atom. The highest BCUT2D eigenvalue weighted by molar-refractivity contribution is 5.71. The van der Waals surface area contributed by atoms with Crippen LogP contribution < -0.4 is 0 Å². The van der Waals surface area contributed by atoms with Gasteiger partial charge in [-0.2, -0.15) is 0 Å². The van der Waals surface area contributed by atoms with Crippen LogP contribution in [0.5, 0.6) is 0 Å². The summed E-state index contributed by atoms with van der Waals surface area (Å²) in [5, 5.41) is 0. The average molecular weight is 1070 g/mol. The molecule has 0 aliphatic carbocycles. The van der Waals surface area contributed by atoms with Crippen LogP contribution in [0.3, 0.4) is 0 Å². The van der Waals surface area contributed by atoms with Gasteiger partial charge in [0.1, 0.15) is 13.2 Å². The minimum atomic E-state index is -0.803. The molecule has 0 radical (unpaired) electrons. The van der Waals surface area contributed by atoms with Crippen molar-refractivity contribution in [1.29, 1.82) is 0 Å². The molecule has 0 aliphatic heterocycles. The van der Waals surface area contributed by atoms with E-state index in [9.17, 15) is 14.4 Å². The van der Waals surface area contributed by atoms with Crippen molar-refractivity contribution in [3.05, 3.63) is 134 Å². The number of esters is 3. The summed E-state index contributed by atoms with van der Waals surface area (Å²) in [4.78, 5) is 37.9. The van der Waals surface area contributed by atoms with E-state index in [1.807, 2.05) is 0 Å². The maximum Gasteiger partial charge on any atom is 0.306 e. The van der Waals surface area contributed by atoms with Crippen LogP contribution in [0.25, 0.3) is 0 Å². The quantitative estimate of drug-likeness (QED) is 0.0261. The molecule has 0 saturated heterocycles. The van der Waals surface area contributed by atoms with Gasteiger partial charge in [-0.05, 0) is 116 Å². The van der Waals surface area contributed by atoms with Gasteiger partial charge in [0.15, 0.2) is 6.10 Å². The molecular weight excluding hydrogens is 949 g/mol. The normalized spacial score (nSPS) is 13.0. The van der Waals surface area contributed by atoms with Gasteiger partial charge in [-0.15, -0.1) is 0 Å². The lowest BCUT2D eigenvalue weighted by atomic mass is 10.0. The second-order valence-corrected chi connectivity index (χ2v) is 20.6. The van der Waals surface area contributed by atoms with Crippen LogP contribution in [0.4, 0.5) is 0 Å². The number of ether oxygens (including phenoxy) is 3. The number of hydrogen-bond donors (Lipinski definition) is 0. The summed E-state index contributed by atoms with van der Waals surface area (Å²) in [6, 6.07) is 0. The van der Waals surface area contributed by atoms with Crippen LogP contribution in [0.2, 0.25) is 0 Å². The maximum atomic E-state index is 12.8. The van der Waals surface area contributed by atoms with E-state index in [0.29, 0.717) is 19.3 Å². The van der Waals surface area contributed by atoms with Gasteiger partial charge in [0.2, 0.25) is 0 Å². The van der Waals surface area contributed by atoms with Gasteiger partial charge in [0.25, 0.3) is 0 Å². The van der Waals surface area contributed by atoms with E-state index in [1.165, 1.54) is 109 Å². The minimum absolute atomic E-state index is 0.0996. The van der Waals surface area contributed by atoms with Gasteiger partial charge in [-0.25, -0.2) is 0 Å². The highest BCUT2D eigenvalue weighted by Crippen LogP contribution is 2.15. The van der Waals surface area contributed by atoms with Crippen LogP contribution in [0, 0.1) is 0 Å². The summed E-state index contributed by atoms with van der Waals surface area (Å²) in [7, 11) is 0. The molecule has 1 unspecified atom stereocenters. The van der Waals surface area contributed by atoms with E-state index in [1.54, 1.807) is 0 Å². The zero-order valence-electron chi connectivity index (χ0n) is 49.9. The van der Waals surface area contributed by atoms with Crippen LogP contribution in [0.1, 0.15) is 278 Å². The predicted molar refractivity (Wildman–Crippen MR) is 334 cm³/mol. The molecule has 0 saturated carbocycles. The molecule has 0 N–H and O–H groups in total. The predicted octanol–water partition coefficient (Wildman–Crippen LogP) is 21.8. The first kappa shape index (κ1) is 72.5. The van der Waals surface area contributed by atoms with Crippen molar-refractivity contribution in [1.82, 2.24) is 0 Å². The van der Waals surface area contributed by atoms with E-state index in [2.05, 4.69) is 154 Å². The third-order valence-corrected chi connectivity index (χ3v) is 13.1. The van der Waals surface area contributed by atoms with Gasteiger partial charge < -0.3 is 14.2 Å². The maximum absolute atomic E-state index is 12.8. The monoisotopic (exact) mass is 1060 g/mol. The number of rotatable bonds is 56. The number of hydrogen-bond acceptors (Lipinski definition) is 6. The summed E-state index contributed by atoms with van der Waals surface area (Å²) in [6.07, 6.45) is 90.8. The second-order valence-electron chi connectivity index (χ2n) is 20.6. The third kappa shape index (κ3) is 62.3. The summed E-state index contributed by atoms with van der Waals surface area (Å²) < 4.78 is 16.7. The summed E-state index contributed by atoms with van der Waals surface area (Å²) in [6.45, 7) is 6.39. The fourth-order valence-corrected chi connectivity index (χ4v) is 8.42. The SMILES string of the molecule is CC/C=C\C/C=C\C/C=C\C/C=C\C/C=C\C/C=C\C/C=C\C/C=C\C/C=C\CCCC(=O)OCC(COC(=O)CCCCCCC)OC(=O)CCCCCCCCCCCCCCC/C=C\C/C=C\CCCCCCC. The first-order valence-electron chi connectivity index (χ1n) is 31.7. The molecule has 0 aromatic rings. The number of carbonyl (C=O) groups excluding carboxylic acids is 3. The minimum Gasteiger partial charge on any atom is -0.462 e. The Hall–Kier alpha value is -4.45. The van der Waals surface area contributed by atoms with Gasteiger partial charge in [-0.3, -0.25) is 14.4 Å². The molecule has 0 aromatic carbocycles. The molecule has 6 nitrogen and oxygen atoms in total. The fraction of sp³-hybridized carbons (Fsp3) is 0.648. The highest BCUT2D eigenvalue weighted by atomic mass is 16.6. The van der Waals surface area contributed by atoms with Gasteiger partial charge in [-0.1, -0.05) is 276 Å². The molecule has 0 spiro atoms. The molecule has 6 heteroatoms. The number of carbonyl (C=O) groups is 3. The van der Waals surface area contributed by atoms with E-state index in [4.69, 9.17) is 14.2 Å². The van der Waals surface area contributed by atoms with Crippen molar-refractivity contribution < 1.29 is 28.6 Å². The molecule has 0 aliphatic rings. The average Bonchev–Trinajstić information content (AvgIpc) is 3.43. The molecule has 1 atom stereocenters. The Morgan fingerprint density at radius 2 is 0.519 bits per heavy atom. The Morgan fingerprint density at radius 3 is 0.844 bits per heavy atom. The van der Waals surface area contributed by atoms with Crippen molar-refractivity contribution in [2.24, 2.45) is 0 Å². The number of unbranched alkanes of at least 4 members (excludes halogenated alkanes) is 23. The summed E-state index contributed by atoms with van der Waals surface area (Å²) >= 11 is 0. The Bertz CT molecular complexity index is 1650. The van der Waals surface area contributed by atoms with Crippen LogP contribution >= 0.6 is 0 Å². The fourth-order valence-electron chi connectivity index (χ4n) is 8.42. The van der Waals surface area contributed by atoms with E-state index in [0.717, 1.165) is 122 Å². The molecule has 436 valence electrons. The molecular formula is C71H116O6. The molecule has 0 bridgehead atoms. The summed E-state index contributed by atoms with van der Waals surface area (Å²) in [5.74, 6) is -0.977. The Kier molecular flexibility index (Phi) is 60.4. The lowest BCUT2D eigenvalue weighted by Crippen LogP contribution is -2.30. The largest absolute Gasteiger partial charge is 0.462 e. The molecule has 0 aromatic heterocycles. The lowest BCUT2D eigenvalue weighted by molar-refractivity contribution is -0.167. The third-order valence-electron chi connectivity index (χ3n) is 13.1. The Balaban J connectivity index is 4.18. The lowest BCUT2D eigenvalue weighted by Gasteiger charge is -2.18. The van der Waals surface area contributed by atoms with E-state index in [-0.39, 0.29) is 37.5 Å². The first-order chi connectivity index (χ1) is 38.0. The van der Waals surface area contributed by atoms with Crippen LogP contribution in [0.15, 0.2) is 134 Å². The summed E-state index contributed by atoms with van der Waals surface area (Å²) in [5.41, 5.74) is 0. The van der Waals surface area contributed by atoms with Gasteiger partial charge in [0, 0.05) is 19.3 Å². The van der Waals surface area contributed by atoms with Crippen molar-refractivity contribution in [3.63, 3.8) is 0 Å². The molecule has 0 rings (SSSR count). The molecule has 0 amide bonds. The first-order valence-corrected chi connectivity index (χ1v) is 31.7. The van der Waals surface area contributed by atoms with Crippen LogP contribution in [-0.2, 0) is 28.6 Å². The van der Waals surface area contributed by atoms with E-state index >= 15 is 0 Å². The van der Waals surface area contributed by atoms with Crippen molar-refractivity contribution in [3.8, 4) is 0 Å². The standard InChI is InChI=1S/C71H116O6/c1-4-7-10-13-15-17-19-21-23-25-27-29-31-33-34-35-36-38-39-41-43-45-47-49-51-53-55-58-61-64-70(73)76-67-68(66-75-69(72)63-60-57-12-9-6-3)77-71(74)65-62-59-56-54-52-50-48-46-44-42-40-37-32-30-28-26-24-22-20-18-16-14-11-8-5-2/h7,10,15,17,20-23,26-29,33-34,36,38,41,43,47,49,53,55,68H,4-6,8-9,11-14,16,18-19,24-25,30-32,35,37,39-40,42,44-46,48,50-52,54,56-67H2,1-3H3/b10-7-,17-15-,22-20-,23-21-,28-26-,29-27-,34-33-,38-36-,43-41-,49-47-,55-53-.